The topological polar surface area (TPSA) is 39.7 Å². The zero-order chi connectivity index (χ0) is 14.5. The smallest absolute Gasteiger partial charge is 0.162 e. The van der Waals surface area contributed by atoms with E-state index in [9.17, 15) is 0 Å². The number of thioether (sulfide) groups is 1. The van der Waals surface area contributed by atoms with Crippen molar-refractivity contribution >= 4 is 11.8 Å². The molecule has 116 valence electrons. The molecule has 0 aliphatic carbocycles. The van der Waals surface area contributed by atoms with Crippen LogP contribution in [0.15, 0.2) is 23.1 Å². The Morgan fingerprint density at radius 1 is 1.24 bits per heavy atom. The van der Waals surface area contributed by atoms with E-state index in [4.69, 9.17) is 14.2 Å². The van der Waals surface area contributed by atoms with Gasteiger partial charge < -0.3 is 19.5 Å². The molecule has 0 saturated carbocycles. The molecular formula is C16H23NO3S. The summed E-state index contributed by atoms with van der Waals surface area (Å²) in [6.45, 7) is 3.26. The molecule has 21 heavy (non-hydrogen) atoms. The van der Waals surface area contributed by atoms with Crippen molar-refractivity contribution in [1.29, 1.82) is 0 Å². The summed E-state index contributed by atoms with van der Waals surface area (Å²) in [4.78, 5) is 1.23. The van der Waals surface area contributed by atoms with Gasteiger partial charge in [0.15, 0.2) is 11.5 Å². The maximum absolute atomic E-state index is 5.75. The lowest BCUT2D eigenvalue weighted by Gasteiger charge is -2.21. The van der Waals surface area contributed by atoms with Gasteiger partial charge in [-0.05, 0) is 31.7 Å². The lowest BCUT2D eigenvalue weighted by Crippen LogP contribution is -2.36. The molecule has 1 N–H and O–H groups in total. The van der Waals surface area contributed by atoms with Crippen LogP contribution in [-0.4, -0.2) is 45.3 Å². The second kappa shape index (κ2) is 7.38. The predicted octanol–water partition coefficient (Wildman–Crippen LogP) is 2.56. The number of fused-ring (bicyclic) bond motifs is 1. The van der Waals surface area contributed by atoms with Crippen LogP contribution in [0.3, 0.4) is 0 Å². The lowest BCUT2D eigenvalue weighted by molar-refractivity contribution is 0.180. The van der Waals surface area contributed by atoms with Gasteiger partial charge in [0.2, 0.25) is 0 Å². The molecule has 3 rings (SSSR count). The first-order valence-corrected chi connectivity index (χ1v) is 8.63. The number of hydrogen-bond donors (Lipinski definition) is 1. The van der Waals surface area contributed by atoms with E-state index >= 15 is 0 Å². The Balaban J connectivity index is 1.60. The number of hydrogen-bond acceptors (Lipinski definition) is 5. The minimum Gasteiger partial charge on any atom is -0.490 e. The van der Waals surface area contributed by atoms with Crippen molar-refractivity contribution in [2.45, 2.75) is 23.8 Å². The third-order valence-electron chi connectivity index (χ3n) is 4.05. The first kappa shape index (κ1) is 15.0. The minimum absolute atomic E-state index is 0.494. The van der Waals surface area contributed by atoms with E-state index in [1.165, 1.54) is 4.90 Å². The van der Waals surface area contributed by atoms with Gasteiger partial charge in [-0.2, -0.15) is 0 Å². The molecule has 2 unspecified atom stereocenters. The van der Waals surface area contributed by atoms with Crippen molar-refractivity contribution in [3.63, 3.8) is 0 Å². The van der Waals surface area contributed by atoms with Gasteiger partial charge in [-0.25, -0.2) is 0 Å². The number of rotatable bonds is 5. The Kier molecular flexibility index (Phi) is 5.27. The molecule has 2 atom stereocenters. The Morgan fingerprint density at radius 2 is 2.10 bits per heavy atom. The highest BCUT2D eigenvalue weighted by Crippen LogP contribution is 2.34. The molecule has 0 aromatic heterocycles. The van der Waals surface area contributed by atoms with E-state index in [-0.39, 0.29) is 0 Å². The summed E-state index contributed by atoms with van der Waals surface area (Å²) in [6, 6.07) is 6.74. The molecule has 5 heteroatoms. The molecule has 1 saturated heterocycles. The molecule has 0 radical (unpaired) electrons. The highest BCUT2D eigenvalue weighted by atomic mass is 32.2. The quantitative estimate of drug-likeness (QED) is 0.847. The highest BCUT2D eigenvalue weighted by molar-refractivity contribution is 7.99. The van der Waals surface area contributed by atoms with Crippen molar-refractivity contribution in [2.24, 2.45) is 5.92 Å². The average molecular weight is 309 g/mol. The van der Waals surface area contributed by atoms with Crippen molar-refractivity contribution in [1.82, 2.24) is 5.32 Å². The van der Waals surface area contributed by atoms with Gasteiger partial charge in [0.25, 0.3) is 0 Å². The normalized spacial score (nSPS) is 22.8. The van der Waals surface area contributed by atoms with Crippen LogP contribution in [0.5, 0.6) is 11.5 Å². The maximum Gasteiger partial charge on any atom is 0.162 e. The Morgan fingerprint density at radius 3 is 2.86 bits per heavy atom. The fourth-order valence-electron chi connectivity index (χ4n) is 2.74. The van der Waals surface area contributed by atoms with Crippen LogP contribution in [0.2, 0.25) is 0 Å². The van der Waals surface area contributed by atoms with Crippen molar-refractivity contribution in [3.05, 3.63) is 18.2 Å². The average Bonchev–Trinajstić information content (AvgIpc) is 2.93. The Hall–Kier alpha value is -0.910. The van der Waals surface area contributed by atoms with E-state index in [0.29, 0.717) is 12.0 Å². The van der Waals surface area contributed by atoms with Gasteiger partial charge in [-0.15, -0.1) is 11.8 Å². The van der Waals surface area contributed by atoms with E-state index in [1.807, 2.05) is 24.9 Å². The zero-order valence-corrected chi connectivity index (χ0v) is 13.3. The molecule has 0 bridgehead atoms. The third-order valence-corrected chi connectivity index (χ3v) is 5.17. The summed E-state index contributed by atoms with van der Waals surface area (Å²) in [7, 11) is 2.04. The Bertz CT molecular complexity index is 463. The van der Waals surface area contributed by atoms with Crippen LogP contribution in [0, 0.1) is 5.92 Å². The van der Waals surface area contributed by atoms with Crippen LogP contribution in [-0.2, 0) is 4.74 Å². The molecule has 1 aromatic rings. The van der Waals surface area contributed by atoms with E-state index < -0.39 is 0 Å². The van der Waals surface area contributed by atoms with E-state index in [1.54, 1.807) is 0 Å². The molecule has 0 amide bonds. The van der Waals surface area contributed by atoms with Crippen LogP contribution in [0.4, 0.5) is 0 Å². The van der Waals surface area contributed by atoms with Crippen LogP contribution < -0.4 is 14.8 Å². The predicted molar refractivity (Wildman–Crippen MR) is 84.5 cm³/mol. The summed E-state index contributed by atoms with van der Waals surface area (Å²) in [5.41, 5.74) is 0. The summed E-state index contributed by atoms with van der Waals surface area (Å²) in [6.07, 6.45) is 2.11. The van der Waals surface area contributed by atoms with E-state index in [0.717, 1.165) is 56.5 Å². The van der Waals surface area contributed by atoms with Gasteiger partial charge in [-0.3, -0.25) is 0 Å². The van der Waals surface area contributed by atoms with Gasteiger partial charge in [0.05, 0.1) is 19.8 Å². The molecule has 1 aromatic carbocycles. The van der Waals surface area contributed by atoms with Crippen molar-refractivity contribution < 1.29 is 14.2 Å². The number of ether oxygens (including phenoxy) is 3. The first-order chi connectivity index (χ1) is 10.4. The second-order valence-corrected chi connectivity index (χ2v) is 6.58. The SMILES string of the molecule is CNC(CSc1ccc2c(c1)OCCCO2)C1CCOC1. The monoisotopic (exact) mass is 309 g/mol. The van der Waals surface area contributed by atoms with Gasteiger partial charge in [0, 0.05) is 35.6 Å². The van der Waals surface area contributed by atoms with Crippen LogP contribution >= 0.6 is 11.8 Å². The largest absolute Gasteiger partial charge is 0.490 e. The summed E-state index contributed by atoms with van der Waals surface area (Å²) in [5, 5.41) is 3.43. The van der Waals surface area contributed by atoms with Crippen LogP contribution in [0.1, 0.15) is 12.8 Å². The Labute approximate surface area is 130 Å². The van der Waals surface area contributed by atoms with Crippen molar-refractivity contribution in [3.8, 4) is 11.5 Å². The van der Waals surface area contributed by atoms with E-state index in [2.05, 4.69) is 17.4 Å². The lowest BCUT2D eigenvalue weighted by atomic mass is 10.0. The van der Waals surface area contributed by atoms with Gasteiger partial charge >= 0.3 is 0 Å². The molecule has 0 spiro atoms. The number of nitrogens with one attached hydrogen (secondary N) is 1. The molecule has 2 aliphatic heterocycles. The van der Waals surface area contributed by atoms with Gasteiger partial charge in [0.1, 0.15) is 0 Å². The van der Waals surface area contributed by atoms with Crippen molar-refractivity contribution in [2.75, 3.05) is 39.2 Å². The summed E-state index contributed by atoms with van der Waals surface area (Å²) < 4.78 is 16.9. The first-order valence-electron chi connectivity index (χ1n) is 7.64. The molecular weight excluding hydrogens is 286 g/mol. The molecule has 1 fully saturated rings. The molecule has 2 heterocycles. The zero-order valence-electron chi connectivity index (χ0n) is 12.5. The van der Waals surface area contributed by atoms with Crippen LogP contribution in [0.25, 0.3) is 0 Å². The second-order valence-electron chi connectivity index (χ2n) is 5.49. The minimum atomic E-state index is 0.494. The molecule has 2 aliphatic rings. The molecule has 4 nitrogen and oxygen atoms in total. The summed E-state index contributed by atoms with van der Waals surface area (Å²) >= 11 is 1.87. The maximum atomic E-state index is 5.75. The fourth-order valence-corrected chi connectivity index (χ4v) is 3.91. The highest BCUT2D eigenvalue weighted by Gasteiger charge is 2.24. The number of benzene rings is 1. The standard InChI is InChI=1S/C16H23NO3S/c1-17-14(12-5-8-18-10-12)11-21-13-3-4-15-16(9-13)20-7-2-6-19-15/h3-4,9,12,14,17H,2,5-8,10-11H2,1H3. The summed E-state index contributed by atoms with van der Waals surface area (Å²) in [5.74, 6) is 3.42. The fraction of sp³-hybridized carbons (Fsp3) is 0.625. The third kappa shape index (κ3) is 3.84. The van der Waals surface area contributed by atoms with Gasteiger partial charge in [-0.1, -0.05) is 0 Å².